The number of carbonyl (C=O) groups excluding carboxylic acids is 14. The molecule has 2 aromatic rings. The highest BCUT2D eigenvalue weighted by molar-refractivity contribution is 8.76. The third kappa shape index (κ3) is 53.3. The Kier molecular flexibility index (Phi) is 58.7. The SMILES string of the molecule is CN(C)c1ccc(/C=N/OCC(=O)NCCOCCOCCOCCOCCOCCNC(=O)COCC(=O)NCCCC[C@@H]2NC(=O)CSC[C@@H](C(=O)CCCOCCOCCOCCCC(=O)COCC(N)=O)NC(=O)[C@H](Cc3ccccc3)CC(=O)[C@@H]3CSSC[C@H](NC2=O)C(=O)C[C@@H](CCCN=C(N)N)C(=O)NCC(=O)C[C@@H](CC(=O)O)C(=O)N3)cc1. The zero-order chi connectivity index (χ0) is 91.7. The van der Waals surface area contributed by atoms with E-state index in [1.807, 2.05) is 43.3 Å². The lowest BCUT2D eigenvalue weighted by molar-refractivity contribution is -0.142. The number of carboxylic acid groups (broad SMARTS) is 1. The molecule has 2 aliphatic heterocycles. The second-order valence-electron chi connectivity index (χ2n) is 29.1. The number of aliphatic carboxylic acids is 1. The number of benzene rings is 2. The lowest BCUT2D eigenvalue weighted by Gasteiger charge is -2.26. The topological polar surface area (TPSA) is 580 Å². The van der Waals surface area contributed by atoms with Gasteiger partial charge in [-0.2, -0.15) is 0 Å². The number of amides is 9. The van der Waals surface area contributed by atoms with Gasteiger partial charge in [0, 0.05) is 120 Å². The van der Waals surface area contributed by atoms with Gasteiger partial charge in [-0.05, 0) is 74.6 Å². The predicted molar refractivity (Wildman–Crippen MR) is 468 cm³/mol. The third-order valence-corrected chi connectivity index (χ3v) is 21.9. The van der Waals surface area contributed by atoms with Crippen LogP contribution in [0.25, 0.3) is 0 Å². The lowest BCUT2D eigenvalue weighted by Crippen LogP contribution is -2.53. The predicted octanol–water partition coefficient (Wildman–Crippen LogP) is -1.33. The fraction of sp³-hybridized carbons (Fsp3) is 0.646. The fourth-order valence-corrected chi connectivity index (χ4v) is 15.2. The van der Waals surface area contributed by atoms with Crippen molar-refractivity contribution >= 4 is 139 Å². The van der Waals surface area contributed by atoms with E-state index in [2.05, 4.69) is 52.7 Å². The number of rotatable bonds is 59. The van der Waals surface area contributed by atoms with Crippen LogP contribution in [0.15, 0.2) is 64.7 Å². The van der Waals surface area contributed by atoms with Gasteiger partial charge >= 0.3 is 5.97 Å². The number of primary amides is 1. The monoisotopic (exact) mass is 1830 g/mol. The molecule has 0 aliphatic carbocycles. The molecule has 7 atom stereocenters. The largest absolute Gasteiger partial charge is 0.481 e. The highest BCUT2D eigenvalue weighted by Gasteiger charge is 2.36. The molecule has 704 valence electrons. The van der Waals surface area contributed by atoms with Gasteiger partial charge in [0.15, 0.2) is 41.5 Å². The lowest BCUT2D eigenvalue weighted by atomic mass is 9.90. The van der Waals surface area contributed by atoms with Gasteiger partial charge in [-0.3, -0.25) is 76.9 Å². The first kappa shape index (κ1) is 109. The molecule has 2 heterocycles. The zero-order valence-corrected chi connectivity index (χ0v) is 74.2. The number of nitrogens with two attached hydrogens (primary N) is 3. The molecular formula is C82H126N14O27S3. The van der Waals surface area contributed by atoms with Crippen molar-refractivity contribution in [2.75, 3.05) is 213 Å². The number of nitrogens with one attached hydrogen (secondary N) is 8. The third-order valence-electron chi connectivity index (χ3n) is 18.5. The van der Waals surface area contributed by atoms with Crippen LogP contribution in [-0.2, 0) is 131 Å². The number of aliphatic imine (C=N–C) groups is 1. The van der Waals surface area contributed by atoms with Gasteiger partial charge in [-0.15, -0.1) is 11.8 Å². The minimum atomic E-state index is -1.55. The number of carboxylic acids is 1. The Morgan fingerprint density at radius 1 is 0.516 bits per heavy atom. The number of oxime groups is 1. The first-order valence-corrected chi connectivity index (χ1v) is 45.4. The molecule has 0 spiro atoms. The molecule has 4 rings (SSSR count). The number of nitrogens with zero attached hydrogens (tertiary/aromatic N) is 3. The van der Waals surface area contributed by atoms with Gasteiger partial charge in [-0.25, -0.2) is 0 Å². The van der Waals surface area contributed by atoms with Crippen molar-refractivity contribution in [2.45, 2.75) is 114 Å². The van der Waals surface area contributed by atoms with E-state index in [1.165, 1.54) is 6.21 Å². The van der Waals surface area contributed by atoms with Crippen molar-refractivity contribution in [1.82, 2.24) is 42.5 Å². The number of thioether (sulfide) groups is 1. The van der Waals surface area contributed by atoms with Crippen molar-refractivity contribution in [2.24, 2.45) is 45.1 Å². The average molecular weight is 1840 g/mol. The van der Waals surface area contributed by atoms with Gasteiger partial charge in [0.05, 0.1) is 141 Å². The molecule has 44 heteroatoms. The highest BCUT2D eigenvalue weighted by Crippen LogP contribution is 2.28. The molecule has 126 heavy (non-hydrogen) atoms. The van der Waals surface area contributed by atoms with Crippen LogP contribution in [0.3, 0.4) is 0 Å². The summed E-state index contributed by atoms with van der Waals surface area (Å²) in [6.07, 6.45) is 0.0699. The molecular weight excluding hydrogens is 1710 g/mol. The van der Waals surface area contributed by atoms with E-state index in [9.17, 15) is 77.0 Å². The van der Waals surface area contributed by atoms with Gasteiger partial charge in [0.1, 0.15) is 32.5 Å². The summed E-state index contributed by atoms with van der Waals surface area (Å²) < 4.78 is 54.6. The molecule has 2 bridgehead atoms. The van der Waals surface area contributed by atoms with Crippen LogP contribution in [0.2, 0.25) is 0 Å². The molecule has 2 saturated heterocycles. The number of hydrogen-bond acceptors (Lipinski definition) is 32. The van der Waals surface area contributed by atoms with Crippen LogP contribution >= 0.6 is 33.3 Å². The van der Waals surface area contributed by atoms with E-state index in [0.29, 0.717) is 64.8 Å². The Balaban J connectivity index is 1.33. The van der Waals surface area contributed by atoms with Crippen molar-refractivity contribution in [3.63, 3.8) is 0 Å². The summed E-state index contributed by atoms with van der Waals surface area (Å²) in [4.78, 5) is 213. The molecule has 9 amide bonds. The van der Waals surface area contributed by atoms with Crippen LogP contribution in [0.5, 0.6) is 0 Å². The number of Topliss-reactive ketones (excluding diaryl/α,β-unsaturated/α-hetero) is 5. The van der Waals surface area contributed by atoms with Gasteiger partial charge in [0.2, 0.25) is 47.3 Å². The van der Waals surface area contributed by atoms with Gasteiger partial charge < -0.3 is 122 Å². The minimum absolute atomic E-state index is 0.00609. The number of ketones is 5. The molecule has 2 aromatic carbocycles. The molecule has 2 aliphatic rings. The highest BCUT2D eigenvalue weighted by atomic mass is 33.1. The Labute approximate surface area is 745 Å². The van der Waals surface area contributed by atoms with Crippen molar-refractivity contribution in [1.29, 1.82) is 0 Å². The van der Waals surface area contributed by atoms with E-state index in [-0.39, 0.29) is 197 Å². The first-order chi connectivity index (χ1) is 60.8. The summed E-state index contributed by atoms with van der Waals surface area (Å²) in [7, 11) is 5.87. The maximum atomic E-state index is 14.9. The van der Waals surface area contributed by atoms with Crippen molar-refractivity contribution in [3.05, 3.63) is 65.7 Å². The smallest absolute Gasteiger partial charge is 0.304 e. The summed E-state index contributed by atoms with van der Waals surface area (Å²) >= 11 is 0.947. The van der Waals surface area contributed by atoms with Crippen LogP contribution in [-0.4, -0.2) is 338 Å². The maximum Gasteiger partial charge on any atom is 0.304 e. The summed E-state index contributed by atoms with van der Waals surface area (Å²) in [6, 6.07) is 10.8. The summed E-state index contributed by atoms with van der Waals surface area (Å²) in [5.41, 5.74) is 18.6. The van der Waals surface area contributed by atoms with E-state index in [0.717, 1.165) is 44.6 Å². The van der Waals surface area contributed by atoms with Crippen LogP contribution in [0, 0.1) is 17.8 Å². The Hall–Kier alpha value is -9.32. The molecule has 0 unspecified atom stereocenters. The van der Waals surface area contributed by atoms with E-state index < -0.39 is 164 Å². The number of ether oxygens (including phenoxy) is 10. The minimum Gasteiger partial charge on any atom is -0.481 e. The molecule has 41 nitrogen and oxygen atoms in total. The van der Waals surface area contributed by atoms with Gasteiger partial charge in [0.25, 0.3) is 5.91 Å². The second kappa shape index (κ2) is 67.9. The summed E-state index contributed by atoms with van der Waals surface area (Å²) in [6.45, 7) is 2.26. The Bertz CT molecular complexity index is 3710. The zero-order valence-electron chi connectivity index (χ0n) is 71.8. The van der Waals surface area contributed by atoms with Crippen molar-refractivity contribution in [3.8, 4) is 0 Å². The summed E-state index contributed by atoms with van der Waals surface area (Å²) in [5, 5.41) is 35.3. The van der Waals surface area contributed by atoms with Crippen LogP contribution in [0.4, 0.5) is 5.69 Å². The molecule has 2 fully saturated rings. The number of guanidine groups is 1. The molecule has 15 N–H and O–H groups in total. The number of unbranched alkanes of at least 4 members (excludes halogenated alkanes) is 1. The standard InChI is InChI=1S/C82H126N14O27S3/c1-96(2)62-19-17-58(18-20-62)46-91-123-52-75(105)88-24-28-116-32-36-119-38-40-120-39-37-118-35-31-115-27-23-87-74(104)51-122-50-73(103)86-21-7-6-15-65-81(112)95-68-55-126-125-54-67(94-80(111)61(45-77(107)108)42-64(98)47-90-78(109)59(43-70(68)100)13-8-22-89-82(84)85)71(101)44-60(41-57-11-4-3-5-12-57)79(110)93-66(53-124-56-76(106)92-65)69(99)16-10-26-114-30-34-117-33-29-113-25-9-14-63(97)48-121-49-72(83)102/h3-5,11-12,17-20,46,59-61,65-68H,6-10,13-16,21-45,47-56H2,1-2H3,(H2,83,102)(H,86,103)(H,87,104)(H,88,105)(H,90,109)(H,92,106)(H,93,110)(H,94,111)(H,95,112)(H,107,108)(H4,84,85,89)/b91-46+/t59-,60-,61+,65+,66+,67+,68+/m1/s1. The number of anilines is 1. The maximum absolute atomic E-state index is 14.9. The van der Waals surface area contributed by atoms with E-state index >= 15 is 0 Å². The van der Waals surface area contributed by atoms with Crippen molar-refractivity contribution < 1.29 is 129 Å². The molecule has 0 radical (unpaired) electrons. The first-order valence-electron chi connectivity index (χ1n) is 41.8. The van der Waals surface area contributed by atoms with E-state index in [4.69, 9.17) is 69.4 Å². The number of fused-ring (bicyclic) bond motifs is 5. The number of hydrogen-bond donors (Lipinski definition) is 12. The average Bonchev–Trinajstić information content (AvgIpc) is 1.01. The molecule has 0 saturated carbocycles. The van der Waals surface area contributed by atoms with Crippen LogP contribution < -0.4 is 64.6 Å². The normalized spacial score (nSPS) is 18.6. The Morgan fingerprint density at radius 3 is 1.60 bits per heavy atom. The number of carbonyl (C=O) groups is 15. The summed E-state index contributed by atoms with van der Waals surface area (Å²) in [5.74, 6) is -15.5. The molecule has 0 aromatic heterocycles. The Morgan fingerprint density at radius 2 is 1.04 bits per heavy atom. The van der Waals surface area contributed by atoms with Gasteiger partial charge in [-0.1, -0.05) is 69.2 Å². The fourth-order valence-electron chi connectivity index (χ4n) is 11.9. The van der Waals surface area contributed by atoms with E-state index in [1.54, 1.807) is 30.3 Å². The van der Waals surface area contributed by atoms with Crippen LogP contribution in [0.1, 0.15) is 94.6 Å². The second-order valence-corrected chi connectivity index (χ2v) is 32.7. The quantitative estimate of drug-likeness (QED) is 0.0120.